The van der Waals surface area contributed by atoms with Gasteiger partial charge in [-0.1, -0.05) is 54.2 Å². The van der Waals surface area contributed by atoms with Crippen LogP contribution in [0.2, 0.25) is 0 Å². The highest BCUT2D eigenvalue weighted by molar-refractivity contribution is 8.13. The Labute approximate surface area is 135 Å². The normalized spacial score (nSPS) is 14.5. The van der Waals surface area contributed by atoms with Crippen LogP contribution < -0.4 is 0 Å². The number of aliphatic imine (C=N–C) groups is 1. The molecule has 4 heteroatoms. The van der Waals surface area contributed by atoms with Crippen LogP contribution in [0.3, 0.4) is 0 Å². The van der Waals surface area contributed by atoms with Crippen molar-refractivity contribution >= 4 is 16.9 Å². The summed E-state index contributed by atoms with van der Waals surface area (Å²) in [7, 11) is 0. The van der Waals surface area contributed by atoms with Crippen LogP contribution in [0.15, 0.2) is 59.6 Å². The minimum atomic E-state index is -0.192. The molecule has 0 spiro atoms. The molecule has 0 atom stereocenters. The third-order valence-electron chi connectivity index (χ3n) is 3.55. The van der Waals surface area contributed by atoms with Crippen molar-refractivity contribution in [2.75, 3.05) is 12.3 Å². The zero-order valence-corrected chi connectivity index (χ0v) is 13.2. The molecular weight excluding hydrogens is 295 g/mol. The van der Waals surface area contributed by atoms with E-state index in [1.165, 1.54) is 17.7 Å². The molecule has 2 aromatic rings. The molecule has 0 bridgehead atoms. The molecule has 0 aliphatic carbocycles. The maximum Gasteiger partial charge on any atom is 0.159 e. The lowest BCUT2D eigenvalue weighted by Gasteiger charge is -2.27. The largest absolute Gasteiger partial charge is 0.343 e. The van der Waals surface area contributed by atoms with E-state index in [1.807, 2.05) is 30.0 Å². The average molecular weight is 314 g/mol. The summed E-state index contributed by atoms with van der Waals surface area (Å²) in [5.74, 6) is 0.927. The first-order valence-corrected chi connectivity index (χ1v) is 8.50. The Morgan fingerprint density at radius 3 is 2.27 bits per heavy atom. The molecule has 114 valence electrons. The van der Waals surface area contributed by atoms with E-state index in [1.54, 1.807) is 0 Å². The Morgan fingerprint density at radius 2 is 1.64 bits per heavy atom. The summed E-state index contributed by atoms with van der Waals surface area (Å²) in [6, 6.07) is 17.1. The topological polar surface area (TPSA) is 15.6 Å². The number of hydrogen-bond acceptors (Lipinski definition) is 3. The standard InChI is InChI=1S/C18H19FN2S/c19-17-9-7-16(8-10-17)14-21(18-20-11-4-12-22-18)13-15-5-2-1-3-6-15/h1-3,5-10H,4,11-14H2. The predicted molar refractivity (Wildman–Crippen MR) is 91.5 cm³/mol. The van der Waals surface area contributed by atoms with Crippen LogP contribution in [-0.2, 0) is 13.1 Å². The number of rotatable bonds is 4. The molecule has 0 saturated heterocycles. The number of benzene rings is 2. The van der Waals surface area contributed by atoms with Crippen molar-refractivity contribution in [1.82, 2.24) is 4.90 Å². The van der Waals surface area contributed by atoms with Crippen LogP contribution >= 0.6 is 11.8 Å². The molecular formula is C18H19FN2S. The number of hydrogen-bond donors (Lipinski definition) is 0. The highest BCUT2D eigenvalue weighted by Crippen LogP contribution is 2.20. The third kappa shape index (κ3) is 4.10. The maximum absolute atomic E-state index is 13.1. The predicted octanol–water partition coefficient (Wildman–Crippen LogP) is 4.32. The summed E-state index contributed by atoms with van der Waals surface area (Å²) < 4.78 is 13.1. The zero-order valence-electron chi connectivity index (χ0n) is 12.4. The molecule has 1 aliphatic heterocycles. The van der Waals surface area contributed by atoms with E-state index in [9.17, 15) is 4.39 Å². The lowest BCUT2D eigenvalue weighted by molar-refractivity contribution is 0.412. The molecule has 22 heavy (non-hydrogen) atoms. The first kappa shape index (κ1) is 15.1. The molecule has 0 unspecified atom stereocenters. The molecule has 0 fully saturated rings. The second kappa shape index (κ2) is 7.45. The molecule has 0 saturated carbocycles. The number of amidine groups is 1. The number of halogens is 1. The van der Waals surface area contributed by atoms with Crippen LogP contribution in [0.1, 0.15) is 17.5 Å². The van der Waals surface area contributed by atoms with Gasteiger partial charge in [0.2, 0.25) is 0 Å². The average Bonchev–Trinajstić information content (AvgIpc) is 2.58. The zero-order chi connectivity index (χ0) is 15.2. The van der Waals surface area contributed by atoms with E-state index in [2.05, 4.69) is 34.2 Å². The summed E-state index contributed by atoms with van der Waals surface area (Å²) in [4.78, 5) is 6.96. The fourth-order valence-electron chi connectivity index (χ4n) is 2.44. The van der Waals surface area contributed by atoms with Crippen molar-refractivity contribution in [2.24, 2.45) is 4.99 Å². The van der Waals surface area contributed by atoms with Gasteiger partial charge < -0.3 is 4.90 Å². The van der Waals surface area contributed by atoms with Crippen LogP contribution in [0.5, 0.6) is 0 Å². The minimum absolute atomic E-state index is 0.192. The second-order valence-corrected chi connectivity index (χ2v) is 6.40. The number of thioether (sulfide) groups is 1. The van der Waals surface area contributed by atoms with E-state index in [0.29, 0.717) is 0 Å². The van der Waals surface area contributed by atoms with Crippen LogP contribution in [0, 0.1) is 5.82 Å². The first-order chi connectivity index (χ1) is 10.8. The molecule has 2 aromatic carbocycles. The van der Waals surface area contributed by atoms with E-state index in [-0.39, 0.29) is 5.82 Å². The molecule has 0 N–H and O–H groups in total. The highest BCUT2D eigenvalue weighted by Gasteiger charge is 2.15. The molecule has 0 aromatic heterocycles. The van der Waals surface area contributed by atoms with E-state index >= 15 is 0 Å². The van der Waals surface area contributed by atoms with Gasteiger partial charge in [0.15, 0.2) is 5.17 Å². The van der Waals surface area contributed by atoms with E-state index in [4.69, 9.17) is 0 Å². The van der Waals surface area contributed by atoms with Gasteiger partial charge in [0.05, 0.1) is 0 Å². The molecule has 1 heterocycles. The SMILES string of the molecule is Fc1ccc(CN(Cc2ccccc2)C2=NCCCS2)cc1. The monoisotopic (exact) mass is 314 g/mol. The smallest absolute Gasteiger partial charge is 0.159 e. The van der Waals surface area contributed by atoms with Gasteiger partial charge in [-0.25, -0.2) is 4.39 Å². The molecule has 3 rings (SSSR count). The minimum Gasteiger partial charge on any atom is -0.343 e. The van der Waals surface area contributed by atoms with Gasteiger partial charge in [0.1, 0.15) is 5.82 Å². The first-order valence-electron chi connectivity index (χ1n) is 7.52. The van der Waals surface area contributed by atoms with Crippen LogP contribution in [0.25, 0.3) is 0 Å². The van der Waals surface area contributed by atoms with Gasteiger partial charge >= 0.3 is 0 Å². The van der Waals surface area contributed by atoms with Gasteiger partial charge in [-0.3, -0.25) is 4.99 Å². The Kier molecular flexibility index (Phi) is 5.11. The maximum atomic E-state index is 13.1. The fraction of sp³-hybridized carbons (Fsp3) is 0.278. The second-order valence-electron chi connectivity index (χ2n) is 5.33. The van der Waals surface area contributed by atoms with Gasteiger partial charge in [-0.15, -0.1) is 0 Å². The molecule has 2 nitrogen and oxygen atoms in total. The third-order valence-corrected chi connectivity index (χ3v) is 4.69. The van der Waals surface area contributed by atoms with E-state index < -0.39 is 0 Å². The molecule has 0 radical (unpaired) electrons. The fourth-order valence-corrected chi connectivity index (χ4v) is 3.40. The van der Waals surface area contributed by atoms with Crippen molar-refractivity contribution in [3.63, 3.8) is 0 Å². The summed E-state index contributed by atoms with van der Waals surface area (Å²) in [6.07, 6.45) is 1.14. The van der Waals surface area contributed by atoms with Crippen LogP contribution in [-0.4, -0.2) is 22.4 Å². The Bertz CT molecular complexity index is 625. The summed E-state index contributed by atoms with van der Waals surface area (Å²) >= 11 is 1.81. The van der Waals surface area contributed by atoms with Crippen molar-refractivity contribution < 1.29 is 4.39 Å². The quantitative estimate of drug-likeness (QED) is 0.835. The highest BCUT2D eigenvalue weighted by atomic mass is 32.2. The Hall–Kier alpha value is -1.81. The van der Waals surface area contributed by atoms with Crippen LogP contribution in [0.4, 0.5) is 4.39 Å². The number of nitrogens with zero attached hydrogens (tertiary/aromatic N) is 2. The van der Waals surface area contributed by atoms with Crippen molar-refractivity contribution in [3.05, 3.63) is 71.5 Å². The summed E-state index contributed by atoms with van der Waals surface area (Å²) in [5, 5.41) is 1.10. The molecule has 0 amide bonds. The lowest BCUT2D eigenvalue weighted by atomic mass is 10.2. The van der Waals surface area contributed by atoms with Gasteiger partial charge in [-0.05, 0) is 29.7 Å². The van der Waals surface area contributed by atoms with E-state index in [0.717, 1.165) is 42.5 Å². The van der Waals surface area contributed by atoms with Crippen molar-refractivity contribution in [1.29, 1.82) is 0 Å². The van der Waals surface area contributed by atoms with Gasteiger partial charge in [0, 0.05) is 25.4 Å². The van der Waals surface area contributed by atoms with Crippen molar-refractivity contribution in [3.8, 4) is 0 Å². The van der Waals surface area contributed by atoms with Gasteiger partial charge in [-0.2, -0.15) is 0 Å². The summed E-state index contributed by atoms with van der Waals surface area (Å²) in [5.41, 5.74) is 2.37. The molecule has 1 aliphatic rings. The summed E-state index contributed by atoms with van der Waals surface area (Å²) in [6.45, 7) is 2.47. The Morgan fingerprint density at radius 1 is 0.955 bits per heavy atom. The Balaban J connectivity index is 1.79. The lowest BCUT2D eigenvalue weighted by Crippen LogP contribution is -2.30. The van der Waals surface area contributed by atoms with Crippen molar-refractivity contribution in [2.45, 2.75) is 19.5 Å². The van der Waals surface area contributed by atoms with Gasteiger partial charge in [0.25, 0.3) is 0 Å².